The molecule has 5 nitrogen and oxygen atoms in total. The van der Waals surface area contributed by atoms with Crippen molar-refractivity contribution in [1.29, 1.82) is 0 Å². The van der Waals surface area contributed by atoms with Crippen LogP contribution in [0, 0.1) is 19.8 Å². The van der Waals surface area contributed by atoms with E-state index in [2.05, 4.69) is 39.1 Å². The monoisotopic (exact) mass is 318 g/mol. The highest BCUT2D eigenvalue weighted by Gasteiger charge is 2.40. The van der Waals surface area contributed by atoms with Gasteiger partial charge >= 0.3 is 0 Å². The van der Waals surface area contributed by atoms with E-state index in [9.17, 15) is 0 Å². The Morgan fingerprint density at radius 1 is 1.41 bits per heavy atom. The predicted molar refractivity (Wildman–Crippen MR) is 85.8 cm³/mol. The van der Waals surface area contributed by atoms with E-state index < -0.39 is 0 Å². The normalized spacial score (nSPS) is 28.9. The summed E-state index contributed by atoms with van der Waals surface area (Å²) in [6, 6.07) is 4.46. The fraction of sp³-hybridized carbons (Fsp3) is 0.625. The lowest BCUT2D eigenvalue weighted by Gasteiger charge is -2.33. The number of piperidine rings is 1. The second kappa shape index (κ2) is 5.76. The minimum atomic E-state index is 0.0730. The molecule has 2 aliphatic rings. The average Bonchev–Trinajstić information content (AvgIpc) is 3.18. The first-order chi connectivity index (χ1) is 10.7. The van der Waals surface area contributed by atoms with E-state index >= 15 is 0 Å². The summed E-state index contributed by atoms with van der Waals surface area (Å²) >= 11 is 1.90. The summed E-state index contributed by atoms with van der Waals surface area (Å²) in [5.41, 5.74) is 0. The summed E-state index contributed by atoms with van der Waals surface area (Å²) in [6.45, 7) is 7.35. The van der Waals surface area contributed by atoms with Crippen LogP contribution in [0.15, 0.2) is 12.1 Å². The maximum Gasteiger partial charge on any atom is 0.179 e. The number of hydrogen-bond acceptors (Lipinski definition) is 5. The number of hydrogen-bond donors (Lipinski definition) is 1. The van der Waals surface area contributed by atoms with Crippen LogP contribution in [0.5, 0.6) is 0 Å². The number of aromatic amines is 1. The first-order valence-electron chi connectivity index (χ1n) is 7.99. The van der Waals surface area contributed by atoms with E-state index in [0.29, 0.717) is 12.0 Å². The van der Waals surface area contributed by atoms with Crippen LogP contribution < -0.4 is 0 Å². The zero-order valence-electron chi connectivity index (χ0n) is 13.1. The van der Waals surface area contributed by atoms with Gasteiger partial charge in [-0.3, -0.25) is 10.00 Å². The van der Waals surface area contributed by atoms with Gasteiger partial charge in [0.25, 0.3) is 0 Å². The molecule has 0 radical (unpaired) electrons. The summed E-state index contributed by atoms with van der Waals surface area (Å²) < 4.78 is 6.25. The molecule has 118 valence electrons. The lowest BCUT2D eigenvalue weighted by molar-refractivity contribution is -0.0117. The number of aryl methyl sites for hydroxylation is 2. The highest BCUT2D eigenvalue weighted by atomic mass is 32.1. The highest BCUT2D eigenvalue weighted by Crippen LogP contribution is 2.40. The van der Waals surface area contributed by atoms with E-state index in [1.165, 1.54) is 22.7 Å². The van der Waals surface area contributed by atoms with Crippen LogP contribution in [0.3, 0.4) is 0 Å². The zero-order chi connectivity index (χ0) is 15.1. The van der Waals surface area contributed by atoms with E-state index in [4.69, 9.17) is 4.74 Å². The number of fused-ring (bicyclic) bond motifs is 1. The standard InChI is InChI=1S/C16H22N4OS/c1-10-3-4-13(22-10)8-20-6-5-12-7-14(21-15(12)9-20)16-17-11(2)18-19-16/h3-4,12,14-15H,5-9H2,1-2H3,(H,17,18,19)/t12-,14+,15+/m1/s1. The highest BCUT2D eigenvalue weighted by molar-refractivity contribution is 7.11. The Labute approximate surface area is 134 Å². The minimum absolute atomic E-state index is 0.0730. The van der Waals surface area contributed by atoms with Crippen LogP contribution in [0.25, 0.3) is 0 Å². The molecule has 6 heteroatoms. The summed E-state index contributed by atoms with van der Waals surface area (Å²) in [5.74, 6) is 2.35. The van der Waals surface area contributed by atoms with Crippen molar-refractivity contribution >= 4 is 11.3 Å². The van der Waals surface area contributed by atoms with E-state index in [1.54, 1.807) is 0 Å². The second-order valence-corrected chi connectivity index (χ2v) is 7.85. The molecular weight excluding hydrogens is 296 g/mol. The Bertz CT molecular complexity index is 652. The molecule has 2 aliphatic heterocycles. The van der Waals surface area contributed by atoms with Gasteiger partial charge in [0.15, 0.2) is 5.82 Å². The maximum atomic E-state index is 6.25. The molecule has 2 saturated heterocycles. The van der Waals surface area contributed by atoms with Crippen molar-refractivity contribution in [1.82, 2.24) is 20.1 Å². The molecule has 0 saturated carbocycles. The number of nitrogens with zero attached hydrogens (tertiary/aromatic N) is 3. The van der Waals surface area contributed by atoms with Gasteiger partial charge in [-0.25, -0.2) is 4.98 Å². The predicted octanol–water partition coefficient (Wildman–Crippen LogP) is 2.84. The molecule has 0 bridgehead atoms. The third-order valence-corrected chi connectivity index (χ3v) is 5.70. The molecule has 0 aliphatic carbocycles. The number of H-pyrrole nitrogens is 1. The summed E-state index contributed by atoms with van der Waals surface area (Å²) in [7, 11) is 0. The first kappa shape index (κ1) is 14.4. The van der Waals surface area contributed by atoms with Crippen LogP contribution in [0.1, 0.15) is 40.3 Å². The van der Waals surface area contributed by atoms with Gasteiger partial charge < -0.3 is 4.74 Å². The summed E-state index contributed by atoms with van der Waals surface area (Å²) in [6.07, 6.45) is 2.69. The lowest BCUT2D eigenvalue weighted by Crippen LogP contribution is -2.41. The fourth-order valence-corrected chi connectivity index (χ4v) is 4.53. The van der Waals surface area contributed by atoms with Crippen LogP contribution in [-0.4, -0.2) is 39.3 Å². The molecule has 0 spiro atoms. The minimum Gasteiger partial charge on any atom is -0.365 e. The molecule has 4 rings (SSSR count). The number of ether oxygens (including phenoxy) is 1. The van der Waals surface area contributed by atoms with Crippen molar-refractivity contribution in [2.75, 3.05) is 13.1 Å². The van der Waals surface area contributed by atoms with Gasteiger partial charge in [-0.2, -0.15) is 5.10 Å². The van der Waals surface area contributed by atoms with Gasteiger partial charge in [-0.1, -0.05) is 0 Å². The SMILES string of the molecule is Cc1nc([C@@H]2C[C@H]3CCN(Cc4ccc(C)s4)C[C@@H]3O2)n[nH]1. The molecule has 2 fully saturated rings. The molecule has 0 aromatic carbocycles. The summed E-state index contributed by atoms with van der Waals surface area (Å²) in [5, 5.41) is 7.19. The van der Waals surface area contributed by atoms with Gasteiger partial charge in [0, 0.05) is 22.8 Å². The van der Waals surface area contributed by atoms with Crippen molar-refractivity contribution in [3.63, 3.8) is 0 Å². The number of thiophene rings is 1. The third-order valence-electron chi connectivity index (χ3n) is 4.71. The first-order valence-corrected chi connectivity index (χ1v) is 8.81. The van der Waals surface area contributed by atoms with Crippen LogP contribution in [0.4, 0.5) is 0 Å². The molecule has 1 N–H and O–H groups in total. The smallest absolute Gasteiger partial charge is 0.179 e. The van der Waals surface area contributed by atoms with Crippen LogP contribution in [-0.2, 0) is 11.3 Å². The van der Waals surface area contributed by atoms with Gasteiger partial charge in [-0.05, 0) is 51.3 Å². The van der Waals surface area contributed by atoms with Gasteiger partial charge in [0.05, 0.1) is 6.10 Å². The number of aromatic nitrogens is 3. The Balaban J connectivity index is 1.39. The summed E-state index contributed by atoms with van der Waals surface area (Å²) in [4.78, 5) is 9.81. The van der Waals surface area contributed by atoms with E-state index in [1.807, 2.05) is 18.3 Å². The van der Waals surface area contributed by atoms with Gasteiger partial charge in [0.1, 0.15) is 11.9 Å². The van der Waals surface area contributed by atoms with Crippen molar-refractivity contribution in [3.8, 4) is 0 Å². The Kier molecular flexibility index (Phi) is 3.76. The number of nitrogens with one attached hydrogen (secondary N) is 1. The quantitative estimate of drug-likeness (QED) is 0.945. The van der Waals surface area contributed by atoms with Crippen molar-refractivity contribution in [2.45, 2.75) is 45.4 Å². The van der Waals surface area contributed by atoms with E-state index in [-0.39, 0.29) is 6.10 Å². The molecule has 2 aromatic rings. The topological polar surface area (TPSA) is 54.0 Å². The number of likely N-dealkylation sites (tertiary alicyclic amines) is 1. The molecule has 0 amide bonds. The Hall–Kier alpha value is -1.24. The molecule has 2 aromatic heterocycles. The van der Waals surface area contributed by atoms with Crippen LogP contribution in [0.2, 0.25) is 0 Å². The zero-order valence-corrected chi connectivity index (χ0v) is 13.9. The van der Waals surface area contributed by atoms with Gasteiger partial charge in [0.2, 0.25) is 0 Å². The van der Waals surface area contributed by atoms with Crippen molar-refractivity contribution in [3.05, 3.63) is 33.5 Å². The molecule has 22 heavy (non-hydrogen) atoms. The Morgan fingerprint density at radius 2 is 2.32 bits per heavy atom. The van der Waals surface area contributed by atoms with E-state index in [0.717, 1.165) is 31.2 Å². The fourth-order valence-electron chi connectivity index (χ4n) is 3.60. The largest absolute Gasteiger partial charge is 0.365 e. The molecular formula is C16H22N4OS. The molecule has 0 unspecified atom stereocenters. The van der Waals surface area contributed by atoms with Crippen molar-refractivity contribution in [2.24, 2.45) is 5.92 Å². The lowest BCUT2D eigenvalue weighted by atomic mass is 9.91. The maximum absolute atomic E-state index is 6.25. The average molecular weight is 318 g/mol. The second-order valence-electron chi connectivity index (χ2n) is 6.47. The molecule has 3 atom stereocenters. The number of rotatable bonds is 3. The third kappa shape index (κ3) is 2.83. The molecule has 4 heterocycles. The van der Waals surface area contributed by atoms with Gasteiger partial charge in [-0.15, -0.1) is 11.3 Å². The van der Waals surface area contributed by atoms with Crippen molar-refractivity contribution < 1.29 is 4.74 Å². The van der Waals surface area contributed by atoms with Crippen LogP contribution >= 0.6 is 11.3 Å². The Morgan fingerprint density at radius 3 is 3.05 bits per heavy atom.